The highest BCUT2D eigenvalue weighted by Gasteiger charge is 2.15. The Morgan fingerprint density at radius 2 is 2.33 bits per heavy atom. The van der Waals surface area contributed by atoms with E-state index in [2.05, 4.69) is 15.0 Å². The maximum absolute atomic E-state index is 11.6. The molecule has 0 bridgehead atoms. The first kappa shape index (κ1) is 14.2. The molecule has 0 amide bonds. The Kier molecular flexibility index (Phi) is 5.38. The highest BCUT2D eigenvalue weighted by atomic mass is 16.5. The van der Waals surface area contributed by atoms with Gasteiger partial charge >= 0.3 is 5.97 Å². The van der Waals surface area contributed by atoms with E-state index in [1.807, 2.05) is 13.8 Å². The largest absolute Gasteiger partial charge is 0.465 e. The Balaban J connectivity index is 2.84. The molecule has 0 spiro atoms. The zero-order valence-electron chi connectivity index (χ0n) is 10.9. The van der Waals surface area contributed by atoms with Gasteiger partial charge in [0.15, 0.2) is 0 Å². The molecule has 1 atom stereocenters. The van der Waals surface area contributed by atoms with E-state index >= 15 is 0 Å². The summed E-state index contributed by atoms with van der Waals surface area (Å²) >= 11 is 0. The van der Waals surface area contributed by atoms with Crippen LogP contribution in [0.2, 0.25) is 0 Å². The van der Waals surface area contributed by atoms with Crippen molar-refractivity contribution in [3.8, 4) is 0 Å². The Labute approximate surface area is 106 Å². The number of esters is 1. The van der Waals surface area contributed by atoms with Gasteiger partial charge in [-0.25, -0.2) is 9.78 Å². The van der Waals surface area contributed by atoms with Crippen molar-refractivity contribution in [2.45, 2.75) is 19.9 Å². The van der Waals surface area contributed by atoms with Crippen molar-refractivity contribution in [2.24, 2.45) is 0 Å². The van der Waals surface area contributed by atoms with Crippen molar-refractivity contribution in [1.29, 1.82) is 0 Å². The van der Waals surface area contributed by atoms with Crippen LogP contribution in [-0.2, 0) is 9.47 Å². The summed E-state index contributed by atoms with van der Waals surface area (Å²) in [5.41, 5.74) is 6.34. The molecule has 6 nitrogen and oxygen atoms in total. The average molecular weight is 253 g/mol. The summed E-state index contributed by atoms with van der Waals surface area (Å²) in [5, 5.41) is 3.10. The minimum absolute atomic E-state index is 0.0319. The molecule has 0 saturated carbocycles. The van der Waals surface area contributed by atoms with Gasteiger partial charge in [0.05, 0.1) is 25.6 Å². The van der Waals surface area contributed by atoms with E-state index in [-0.39, 0.29) is 6.04 Å². The van der Waals surface area contributed by atoms with Crippen LogP contribution in [0, 0.1) is 0 Å². The molecule has 1 aromatic heterocycles. The number of hydrogen-bond acceptors (Lipinski definition) is 6. The molecule has 0 radical (unpaired) electrons. The fourth-order valence-electron chi connectivity index (χ4n) is 1.43. The van der Waals surface area contributed by atoms with E-state index in [1.54, 1.807) is 0 Å². The van der Waals surface area contributed by atoms with Gasteiger partial charge in [0.1, 0.15) is 11.4 Å². The molecule has 0 aliphatic carbocycles. The second-order valence-corrected chi connectivity index (χ2v) is 3.86. The molecule has 0 fully saturated rings. The third kappa shape index (κ3) is 3.89. The van der Waals surface area contributed by atoms with Gasteiger partial charge in [0, 0.05) is 12.6 Å². The van der Waals surface area contributed by atoms with Crippen LogP contribution < -0.4 is 11.1 Å². The van der Waals surface area contributed by atoms with Crippen molar-refractivity contribution in [3.63, 3.8) is 0 Å². The Bertz CT molecular complexity index is 410. The number of ether oxygens (including phenoxy) is 2. The van der Waals surface area contributed by atoms with Gasteiger partial charge < -0.3 is 20.5 Å². The standard InChI is InChI=1S/C12H19N3O3/c1-4-18-7-8(2)15-11-10(12(16)17-3)5-9(13)6-14-11/h5-6,8H,4,7,13H2,1-3H3,(H,14,15). The van der Waals surface area contributed by atoms with Crippen LogP contribution in [0.5, 0.6) is 0 Å². The lowest BCUT2D eigenvalue weighted by Crippen LogP contribution is -2.24. The van der Waals surface area contributed by atoms with Crippen LogP contribution in [0.4, 0.5) is 11.5 Å². The summed E-state index contributed by atoms with van der Waals surface area (Å²) in [6.45, 7) is 5.04. The molecule has 0 saturated heterocycles. The van der Waals surface area contributed by atoms with Crippen LogP contribution in [0.1, 0.15) is 24.2 Å². The van der Waals surface area contributed by atoms with Crippen molar-refractivity contribution in [1.82, 2.24) is 4.98 Å². The fraction of sp³-hybridized carbons (Fsp3) is 0.500. The lowest BCUT2D eigenvalue weighted by atomic mass is 10.2. The fourth-order valence-corrected chi connectivity index (χ4v) is 1.43. The third-order valence-electron chi connectivity index (χ3n) is 2.27. The summed E-state index contributed by atoms with van der Waals surface area (Å²) in [4.78, 5) is 15.7. The molecule has 18 heavy (non-hydrogen) atoms. The molecule has 6 heteroatoms. The zero-order chi connectivity index (χ0) is 13.5. The van der Waals surface area contributed by atoms with Gasteiger partial charge in [-0.15, -0.1) is 0 Å². The first-order chi connectivity index (χ1) is 8.58. The number of pyridine rings is 1. The van der Waals surface area contributed by atoms with Crippen molar-refractivity contribution < 1.29 is 14.3 Å². The van der Waals surface area contributed by atoms with Crippen LogP contribution >= 0.6 is 0 Å². The number of hydrogen-bond donors (Lipinski definition) is 2. The molecule has 1 unspecified atom stereocenters. The number of nitrogen functional groups attached to an aromatic ring is 1. The van der Waals surface area contributed by atoms with Crippen LogP contribution in [0.25, 0.3) is 0 Å². The number of nitrogens with two attached hydrogens (primary N) is 1. The minimum atomic E-state index is -0.471. The quantitative estimate of drug-likeness (QED) is 0.743. The number of carbonyl (C=O) groups is 1. The van der Waals surface area contributed by atoms with Gasteiger partial charge in [0.25, 0.3) is 0 Å². The number of rotatable bonds is 6. The summed E-state index contributed by atoms with van der Waals surface area (Å²) < 4.78 is 9.98. The van der Waals surface area contributed by atoms with Crippen molar-refractivity contribution >= 4 is 17.5 Å². The smallest absolute Gasteiger partial charge is 0.341 e. The summed E-state index contributed by atoms with van der Waals surface area (Å²) in [6, 6.07) is 1.57. The summed E-state index contributed by atoms with van der Waals surface area (Å²) in [5.74, 6) is -0.0239. The molecule has 1 heterocycles. The number of methoxy groups -OCH3 is 1. The van der Waals surface area contributed by atoms with Crippen LogP contribution in [0.3, 0.4) is 0 Å². The Morgan fingerprint density at radius 3 is 2.94 bits per heavy atom. The lowest BCUT2D eigenvalue weighted by Gasteiger charge is -2.16. The molecule has 1 aromatic rings. The van der Waals surface area contributed by atoms with E-state index in [9.17, 15) is 4.79 Å². The summed E-state index contributed by atoms with van der Waals surface area (Å²) in [7, 11) is 1.32. The number of carbonyl (C=O) groups excluding carboxylic acids is 1. The average Bonchev–Trinajstić information content (AvgIpc) is 2.37. The van der Waals surface area contributed by atoms with Crippen LogP contribution in [0.15, 0.2) is 12.3 Å². The number of nitrogens with zero attached hydrogens (tertiary/aromatic N) is 1. The van der Waals surface area contributed by atoms with Gasteiger partial charge in [-0.3, -0.25) is 0 Å². The predicted molar refractivity (Wildman–Crippen MR) is 69.6 cm³/mol. The predicted octanol–water partition coefficient (Wildman–Crippen LogP) is 1.29. The van der Waals surface area contributed by atoms with Gasteiger partial charge in [-0.2, -0.15) is 0 Å². The lowest BCUT2D eigenvalue weighted by molar-refractivity contribution is 0.0601. The molecular formula is C12H19N3O3. The number of anilines is 2. The molecule has 100 valence electrons. The topological polar surface area (TPSA) is 86.5 Å². The third-order valence-corrected chi connectivity index (χ3v) is 2.27. The van der Waals surface area contributed by atoms with Gasteiger partial charge in [0.2, 0.25) is 0 Å². The zero-order valence-corrected chi connectivity index (χ0v) is 10.9. The molecule has 0 aromatic carbocycles. The van der Waals surface area contributed by atoms with E-state index in [0.29, 0.717) is 30.3 Å². The van der Waals surface area contributed by atoms with Gasteiger partial charge in [-0.05, 0) is 19.9 Å². The molecule has 0 aliphatic rings. The first-order valence-corrected chi connectivity index (χ1v) is 5.76. The van der Waals surface area contributed by atoms with E-state index in [1.165, 1.54) is 19.4 Å². The van der Waals surface area contributed by atoms with E-state index in [0.717, 1.165) is 0 Å². The SMILES string of the molecule is CCOCC(C)Nc1ncc(N)cc1C(=O)OC. The summed E-state index contributed by atoms with van der Waals surface area (Å²) in [6.07, 6.45) is 1.49. The second kappa shape index (κ2) is 6.80. The Morgan fingerprint density at radius 1 is 1.61 bits per heavy atom. The number of nitrogens with one attached hydrogen (secondary N) is 1. The number of aromatic nitrogens is 1. The van der Waals surface area contributed by atoms with Gasteiger partial charge in [-0.1, -0.05) is 0 Å². The van der Waals surface area contributed by atoms with E-state index in [4.69, 9.17) is 10.5 Å². The monoisotopic (exact) mass is 253 g/mol. The van der Waals surface area contributed by atoms with Crippen LogP contribution in [-0.4, -0.2) is 37.3 Å². The molecule has 0 aliphatic heterocycles. The van der Waals surface area contributed by atoms with Crippen molar-refractivity contribution in [3.05, 3.63) is 17.8 Å². The second-order valence-electron chi connectivity index (χ2n) is 3.86. The Hall–Kier alpha value is -1.82. The highest BCUT2D eigenvalue weighted by Crippen LogP contribution is 2.17. The highest BCUT2D eigenvalue weighted by molar-refractivity contribution is 5.95. The maximum Gasteiger partial charge on any atom is 0.341 e. The molecule has 1 rings (SSSR count). The molecule has 3 N–H and O–H groups in total. The first-order valence-electron chi connectivity index (χ1n) is 5.76. The van der Waals surface area contributed by atoms with Crippen molar-refractivity contribution in [2.75, 3.05) is 31.4 Å². The minimum Gasteiger partial charge on any atom is -0.465 e. The maximum atomic E-state index is 11.6. The molecular weight excluding hydrogens is 234 g/mol. The normalized spacial score (nSPS) is 11.9. The van der Waals surface area contributed by atoms with E-state index < -0.39 is 5.97 Å².